The van der Waals surface area contributed by atoms with Crippen LogP contribution in [0.15, 0.2) is 48.5 Å². The highest BCUT2D eigenvalue weighted by Gasteiger charge is 2.41. The van der Waals surface area contributed by atoms with Gasteiger partial charge in [0.1, 0.15) is 60.2 Å². The lowest BCUT2D eigenvalue weighted by atomic mass is 9.97. The molecule has 6 N–H and O–H groups in total. The predicted molar refractivity (Wildman–Crippen MR) is 256 cm³/mol. The van der Waals surface area contributed by atoms with E-state index in [2.05, 4.69) is 49.7 Å². The molecule has 1 saturated carbocycles. The van der Waals surface area contributed by atoms with E-state index in [9.17, 15) is 15.3 Å². The number of anilines is 4. The lowest BCUT2D eigenvalue weighted by Crippen LogP contribution is -2.40. The summed E-state index contributed by atoms with van der Waals surface area (Å²) in [6.45, 7) is 9.05. The van der Waals surface area contributed by atoms with Crippen molar-refractivity contribution in [3.63, 3.8) is 0 Å². The molecule has 4 aliphatic heterocycles. The maximum atomic E-state index is 10.6. The number of likely N-dealkylation sites (N-methyl/N-ethyl adjacent to an activating group) is 2. The number of aliphatic hydroxyl groups is 3. The highest BCUT2D eigenvalue weighted by Crippen LogP contribution is 2.44. The first-order chi connectivity index (χ1) is 32.7. The van der Waals surface area contributed by atoms with E-state index in [4.69, 9.17) is 43.6 Å². The maximum Gasteiger partial charge on any atom is 0.164 e. The van der Waals surface area contributed by atoms with Gasteiger partial charge in [-0.15, -0.1) is 0 Å². The third kappa shape index (κ3) is 11.7. The van der Waals surface area contributed by atoms with Gasteiger partial charge in [-0.1, -0.05) is 18.2 Å². The number of hydrogen-bond donors (Lipinski definition) is 6. The number of nitrogens with zero attached hydrogens (tertiary/aromatic N) is 7. The van der Waals surface area contributed by atoms with E-state index < -0.39 is 12.2 Å². The van der Waals surface area contributed by atoms with Gasteiger partial charge >= 0.3 is 0 Å². The second-order valence-electron chi connectivity index (χ2n) is 18.4. The minimum absolute atomic E-state index is 0.00968. The van der Waals surface area contributed by atoms with Crippen LogP contribution in [0.2, 0.25) is 0 Å². The van der Waals surface area contributed by atoms with Crippen molar-refractivity contribution in [2.24, 2.45) is 0 Å². The standard InChI is InChI=1S/C49H68N10O8/c1-31-46(52-33-13-18-64-27-33)55-48(56-49(31)58-14-11-36(60)12-15-58)42-23-40(66-30-38(62)26-51-3)9-10-41(42)43-22-35(28-67-43)59(34-7-8-34)45-24-44(57-16-19-63-20-17-57)53-47(54-45)32-5-4-6-39(21-32)65-29-37(61)25-50-2/h4-6,9-10,21,23-24,33-38,43,50-51,60-62H,7-8,11-20,22,25-30H2,1-3H3,(H,52,55,56)/t33-,35-,37?,38?,43?/m1/s1. The monoisotopic (exact) mass is 925 g/mol. The van der Waals surface area contributed by atoms with Gasteiger partial charge in [0, 0.05) is 81.1 Å². The third-order valence-electron chi connectivity index (χ3n) is 13.2. The Hall–Kier alpha value is -4.92. The molecular weight excluding hydrogens is 857 g/mol. The number of ether oxygens (including phenoxy) is 5. The zero-order chi connectivity index (χ0) is 46.3. The molecule has 1 aliphatic carbocycles. The summed E-state index contributed by atoms with van der Waals surface area (Å²) in [6.07, 6.45) is 3.07. The molecule has 0 spiro atoms. The molecule has 9 rings (SSSR count). The molecular formula is C49H68N10O8. The van der Waals surface area contributed by atoms with Gasteiger partial charge in [0.15, 0.2) is 11.6 Å². The largest absolute Gasteiger partial charge is 0.491 e. The van der Waals surface area contributed by atoms with Crippen LogP contribution in [0.3, 0.4) is 0 Å². The minimum Gasteiger partial charge on any atom is -0.491 e. The van der Waals surface area contributed by atoms with E-state index in [1.54, 1.807) is 14.1 Å². The molecule has 0 bridgehead atoms. The van der Waals surface area contributed by atoms with E-state index in [1.165, 1.54) is 0 Å². The molecule has 362 valence electrons. The third-order valence-corrected chi connectivity index (χ3v) is 13.2. The van der Waals surface area contributed by atoms with Crippen LogP contribution in [-0.4, -0.2) is 171 Å². The maximum absolute atomic E-state index is 10.6. The summed E-state index contributed by atoms with van der Waals surface area (Å²) in [5.74, 6) is 5.68. The molecule has 4 aromatic rings. The number of aromatic nitrogens is 4. The van der Waals surface area contributed by atoms with Gasteiger partial charge in [-0.2, -0.15) is 0 Å². The summed E-state index contributed by atoms with van der Waals surface area (Å²) in [7, 11) is 3.60. The summed E-state index contributed by atoms with van der Waals surface area (Å²) in [6, 6.07) is 16.3. The van der Waals surface area contributed by atoms with Crippen molar-refractivity contribution in [1.29, 1.82) is 0 Å². The van der Waals surface area contributed by atoms with E-state index >= 15 is 0 Å². The Bertz CT molecular complexity index is 2250. The van der Waals surface area contributed by atoms with Gasteiger partial charge in [0.05, 0.1) is 50.7 Å². The van der Waals surface area contributed by atoms with Crippen LogP contribution >= 0.6 is 0 Å². The van der Waals surface area contributed by atoms with E-state index in [1.807, 2.05) is 36.4 Å². The topological polar surface area (TPSA) is 204 Å². The molecule has 3 unspecified atom stereocenters. The van der Waals surface area contributed by atoms with Gasteiger partial charge in [0.2, 0.25) is 0 Å². The van der Waals surface area contributed by atoms with E-state index in [0.717, 1.165) is 77.9 Å². The lowest BCUT2D eigenvalue weighted by Gasteiger charge is -2.32. The fourth-order valence-corrected chi connectivity index (χ4v) is 9.48. The Balaban J connectivity index is 1.05. The first-order valence-electron chi connectivity index (χ1n) is 24.2. The number of benzene rings is 2. The molecule has 2 aromatic heterocycles. The zero-order valence-corrected chi connectivity index (χ0v) is 39.1. The lowest BCUT2D eigenvalue weighted by molar-refractivity contribution is 0.107. The Morgan fingerprint density at radius 3 is 2.21 bits per heavy atom. The molecule has 0 amide bonds. The van der Waals surface area contributed by atoms with Gasteiger partial charge < -0.3 is 69.7 Å². The molecule has 0 radical (unpaired) electrons. The summed E-state index contributed by atoms with van der Waals surface area (Å²) < 4.78 is 30.6. The molecule has 18 heteroatoms. The molecule has 5 atom stereocenters. The van der Waals surface area contributed by atoms with Crippen molar-refractivity contribution >= 4 is 23.3 Å². The number of rotatable bonds is 20. The van der Waals surface area contributed by atoms with Crippen LogP contribution in [-0.2, 0) is 14.2 Å². The Morgan fingerprint density at radius 2 is 1.51 bits per heavy atom. The number of hydrogen-bond acceptors (Lipinski definition) is 18. The average Bonchev–Trinajstić information content (AvgIpc) is 3.81. The van der Waals surface area contributed by atoms with Crippen molar-refractivity contribution in [3.05, 3.63) is 59.7 Å². The fraction of sp³-hybridized carbons (Fsp3) is 0.592. The van der Waals surface area contributed by atoms with Crippen molar-refractivity contribution in [2.45, 2.75) is 88.0 Å². The fourth-order valence-electron chi connectivity index (χ4n) is 9.48. The number of nitrogens with one attached hydrogen (secondary N) is 3. The van der Waals surface area contributed by atoms with Crippen LogP contribution in [0.25, 0.3) is 22.8 Å². The van der Waals surface area contributed by atoms with E-state index in [0.29, 0.717) is 108 Å². The molecule has 5 aliphatic rings. The Labute approximate surface area is 393 Å². The smallest absolute Gasteiger partial charge is 0.164 e. The van der Waals surface area contributed by atoms with Gasteiger partial charge in [0.25, 0.3) is 0 Å². The van der Waals surface area contributed by atoms with Crippen molar-refractivity contribution in [1.82, 2.24) is 30.6 Å². The minimum atomic E-state index is -0.688. The second-order valence-corrected chi connectivity index (χ2v) is 18.4. The first-order valence-corrected chi connectivity index (χ1v) is 24.2. The molecule has 4 saturated heterocycles. The second kappa shape index (κ2) is 22.0. The SMILES string of the molecule is CNCC(O)COc1cccc(-c2nc(N3CCOCC3)cc(N(C3CC3)[C@H]3COC(c4ccc(OCC(O)CNC)cc4-c4nc(N[C@@H]5CCOC5)c(C)c(N5CCC(O)CC5)n4)C3)n2)c1. The Kier molecular flexibility index (Phi) is 15.5. The van der Waals surface area contributed by atoms with E-state index in [-0.39, 0.29) is 37.5 Å². The molecule has 2 aromatic carbocycles. The van der Waals surface area contributed by atoms with Crippen molar-refractivity contribution in [2.75, 3.05) is 120 Å². The van der Waals surface area contributed by atoms with Crippen molar-refractivity contribution < 1.29 is 39.0 Å². The summed E-state index contributed by atoms with van der Waals surface area (Å²) in [5.41, 5.74) is 3.53. The van der Waals surface area contributed by atoms with Crippen LogP contribution in [0.5, 0.6) is 11.5 Å². The normalized spacial score (nSPS) is 22.2. The zero-order valence-electron chi connectivity index (χ0n) is 39.1. The number of aliphatic hydroxyl groups excluding tert-OH is 3. The van der Waals surface area contributed by atoms with Crippen LogP contribution < -0.4 is 40.1 Å². The highest BCUT2D eigenvalue weighted by atomic mass is 16.5. The average molecular weight is 925 g/mol. The van der Waals surface area contributed by atoms with Gasteiger partial charge in [-0.3, -0.25) is 0 Å². The molecule has 67 heavy (non-hydrogen) atoms. The summed E-state index contributed by atoms with van der Waals surface area (Å²) >= 11 is 0. The molecule has 18 nitrogen and oxygen atoms in total. The van der Waals surface area contributed by atoms with Crippen molar-refractivity contribution in [3.8, 4) is 34.3 Å². The predicted octanol–water partition coefficient (Wildman–Crippen LogP) is 3.32. The summed E-state index contributed by atoms with van der Waals surface area (Å²) in [4.78, 5) is 28.0. The summed E-state index contributed by atoms with van der Waals surface area (Å²) in [5, 5.41) is 41.0. The van der Waals surface area contributed by atoms with Crippen LogP contribution in [0, 0.1) is 6.92 Å². The van der Waals surface area contributed by atoms with Crippen LogP contribution in [0.4, 0.5) is 23.3 Å². The molecule has 6 heterocycles. The Morgan fingerprint density at radius 1 is 0.761 bits per heavy atom. The molecule has 5 fully saturated rings. The first kappa shape index (κ1) is 47.2. The van der Waals surface area contributed by atoms with Crippen LogP contribution in [0.1, 0.15) is 55.8 Å². The number of piperidine rings is 1. The highest BCUT2D eigenvalue weighted by molar-refractivity contribution is 5.71. The number of morpholine rings is 1. The van der Waals surface area contributed by atoms with Gasteiger partial charge in [-0.25, -0.2) is 19.9 Å². The van der Waals surface area contributed by atoms with Gasteiger partial charge in [-0.05, 0) is 83.0 Å². The quantitative estimate of drug-likeness (QED) is 0.0753.